The lowest BCUT2D eigenvalue weighted by Crippen LogP contribution is -2.11. The molecule has 0 spiro atoms. The highest BCUT2D eigenvalue weighted by atomic mass is 19.1. The molecule has 84 valence electrons. The van der Waals surface area contributed by atoms with Gasteiger partial charge >= 0.3 is 0 Å². The minimum Gasteiger partial charge on any atom is -0.501 e. The third-order valence-electron chi connectivity index (χ3n) is 2.49. The summed E-state index contributed by atoms with van der Waals surface area (Å²) < 4.78 is 18.1. The van der Waals surface area contributed by atoms with Crippen LogP contribution in [-0.2, 0) is 4.74 Å². The summed E-state index contributed by atoms with van der Waals surface area (Å²) in [6.07, 6.45) is 2.89. The van der Waals surface area contributed by atoms with Crippen LogP contribution in [0.2, 0.25) is 0 Å². The van der Waals surface area contributed by atoms with Crippen LogP contribution in [0, 0.1) is 5.82 Å². The average molecular weight is 221 g/mol. The van der Waals surface area contributed by atoms with E-state index < -0.39 is 5.82 Å². The minimum absolute atomic E-state index is 0.205. The van der Waals surface area contributed by atoms with E-state index in [0.717, 1.165) is 12.5 Å². The Labute approximate surface area is 92.7 Å². The summed E-state index contributed by atoms with van der Waals surface area (Å²) in [5.74, 6) is -0.716. The van der Waals surface area contributed by atoms with Crippen molar-refractivity contribution in [2.75, 3.05) is 12.3 Å². The molecule has 2 N–H and O–H groups in total. The number of hydrogen-bond acceptors (Lipinski definition) is 3. The van der Waals surface area contributed by atoms with Crippen LogP contribution in [0.25, 0.3) is 0 Å². The van der Waals surface area contributed by atoms with Gasteiger partial charge in [-0.2, -0.15) is 0 Å². The van der Waals surface area contributed by atoms with Crippen molar-refractivity contribution in [3.05, 3.63) is 41.4 Å². The summed E-state index contributed by atoms with van der Waals surface area (Å²) in [4.78, 5) is 12.0. The molecule has 0 saturated heterocycles. The van der Waals surface area contributed by atoms with E-state index in [1.807, 2.05) is 0 Å². The summed E-state index contributed by atoms with van der Waals surface area (Å²) in [5.41, 5.74) is 6.68. The zero-order valence-electron chi connectivity index (χ0n) is 8.70. The van der Waals surface area contributed by atoms with E-state index in [9.17, 15) is 9.18 Å². The molecule has 1 aliphatic rings. The van der Waals surface area contributed by atoms with E-state index >= 15 is 0 Å². The van der Waals surface area contributed by atoms with Crippen LogP contribution in [0.4, 0.5) is 10.1 Å². The second kappa shape index (κ2) is 4.35. The van der Waals surface area contributed by atoms with Gasteiger partial charge in [-0.05, 0) is 31.0 Å². The van der Waals surface area contributed by atoms with Gasteiger partial charge in [0.15, 0.2) is 5.78 Å². The molecule has 0 aliphatic carbocycles. The molecule has 4 heteroatoms. The molecule has 0 saturated carbocycles. The molecule has 0 unspecified atom stereocenters. The molecule has 1 aliphatic heterocycles. The molecular formula is C12H12FNO2. The summed E-state index contributed by atoms with van der Waals surface area (Å²) in [5, 5.41) is 0. The fourth-order valence-electron chi connectivity index (χ4n) is 1.63. The van der Waals surface area contributed by atoms with Crippen molar-refractivity contribution >= 4 is 11.5 Å². The van der Waals surface area contributed by atoms with Gasteiger partial charge in [-0.25, -0.2) is 4.39 Å². The Balaban J connectivity index is 2.33. The SMILES string of the molecule is Nc1ccc(F)cc1C(=O)C1=COCCC1. The van der Waals surface area contributed by atoms with Crippen LogP contribution in [0.15, 0.2) is 30.0 Å². The monoisotopic (exact) mass is 221 g/mol. The van der Waals surface area contributed by atoms with Crippen molar-refractivity contribution in [1.82, 2.24) is 0 Å². The van der Waals surface area contributed by atoms with Crippen molar-refractivity contribution in [2.45, 2.75) is 12.8 Å². The van der Waals surface area contributed by atoms with E-state index in [2.05, 4.69) is 0 Å². The predicted octanol–water partition coefficient (Wildman–Crippen LogP) is 2.28. The molecule has 16 heavy (non-hydrogen) atoms. The van der Waals surface area contributed by atoms with Crippen molar-refractivity contribution in [3.63, 3.8) is 0 Å². The molecule has 1 heterocycles. The van der Waals surface area contributed by atoms with Gasteiger partial charge in [0.25, 0.3) is 0 Å². The van der Waals surface area contributed by atoms with Gasteiger partial charge in [0, 0.05) is 16.8 Å². The smallest absolute Gasteiger partial charge is 0.194 e. The maximum absolute atomic E-state index is 13.0. The van der Waals surface area contributed by atoms with Crippen molar-refractivity contribution < 1.29 is 13.9 Å². The summed E-state index contributed by atoms with van der Waals surface area (Å²) in [6, 6.07) is 3.79. The zero-order chi connectivity index (χ0) is 11.5. The molecule has 0 atom stereocenters. The number of ketones is 1. The van der Waals surface area contributed by atoms with Crippen molar-refractivity contribution in [3.8, 4) is 0 Å². The molecule has 0 amide bonds. The molecule has 3 nitrogen and oxygen atoms in total. The van der Waals surface area contributed by atoms with Gasteiger partial charge in [0.05, 0.1) is 12.9 Å². The lowest BCUT2D eigenvalue weighted by molar-refractivity contribution is 0.101. The highest BCUT2D eigenvalue weighted by Crippen LogP contribution is 2.21. The van der Waals surface area contributed by atoms with E-state index in [-0.39, 0.29) is 17.0 Å². The first kappa shape index (κ1) is 10.7. The highest BCUT2D eigenvalue weighted by Gasteiger charge is 2.18. The number of allylic oxidation sites excluding steroid dienone is 1. The third kappa shape index (κ3) is 2.05. The fourth-order valence-corrected chi connectivity index (χ4v) is 1.63. The first-order valence-corrected chi connectivity index (χ1v) is 5.09. The Morgan fingerprint density at radius 1 is 1.44 bits per heavy atom. The number of ether oxygens (including phenoxy) is 1. The number of nitrogen functional groups attached to an aromatic ring is 1. The lowest BCUT2D eigenvalue weighted by Gasteiger charge is -2.13. The Hall–Kier alpha value is -1.84. The molecule has 1 aromatic carbocycles. The first-order chi connectivity index (χ1) is 7.68. The predicted molar refractivity (Wildman–Crippen MR) is 58.4 cm³/mol. The Kier molecular flexibility index (Phi) is 2.90. The molecular weight excluding hydrogens is 209 g/mol. The average Bonchev–Trinajstić information content (AvgIpc) is 2.32. The summed E-state index contributed by atoms with van der Waals surface area (Å²) in [6.45, 7) is 0.620. The van der Waals surface area contributed by atoms with Crippen molar-refractivity contribution in [2.24, 2.45) is 0 Å². The normalized spacial score (nSPS) is 15.2. The van der Waals surface area contributed by atoms with Crippen molar-refractivity contribution in [1.29, 1.82) is 0 Å². The van der Waals surface area contributed by atoms with Gasteiger partial charge < -0.3 is 10.5 Å². The van der Waals surface area contributed by atoms with Crippen LogP contribution in [0.5, 0.6) is 0 Å². The third-order valence-corrected chi connectivity index (χ3v) is 2.49. The van der Waals surface area contributed by atoms with Crippen LogP contribution in [-0.4, -0.2) is 12.4 Å². The van der Waals surface area contributed by atoms with Gasteiger partial charge in [-0.3, -0.25) is 4.79 Å². The van der Waals surface area contributed by atoms with Gasteiger partial charge in [0.1, 0.15) is 5.82 Å². The number of benzene rings is 1. The largest absolute Gasteiger partial charge is 0.501 e. The Morgan fingerprint density at radius 2 is 2.25 bits per heavy atom. The zero-order valence-corrected chi connectivity index (χ0v) is 8.70. The number of carbonyl (C=O) groups is 1. The molecule has 0 fully saturated rings. The van der Waals surface area contributed by atoms with Crippen LogP contribution < -0.4 is 5.73 Å². The molecule has 1 aromatic rings. The van der Waals surface area contributed by atoms with E-state index in [4.69, 9.17) is 10.5 Å². The first-order valence-electron chi connectivity index (χ1n) is 5.09. The molecule has 2 rings (SSSR count). The maximum atomic E-state index is 13.0. The molecule has 0 bridgehead atoms. The lowest BCUT2D eigenvalue weighted by atomic mass is 9.98. The Morgan fingerprint density at radius 3 is 2.94 bits per heavy atom. The number of hydrogen-bond donors (Lipinski definition) is 1. The van der Waals surface area contributed by atoms with E-state index in [1.165, 1.54) is 18.4 Å². The van der Waals surface area contributed by atoms with Crippen LogP contribution in [0.3, 0.4) is 0 Å². The summed E-state index contributed by atoms with van der Waals surface area (Å²) in [7, 11) is 0. The standard InChI is InChI=1S/C12H12FNO2/c13-9-3-4-11(14)10(6-9)12(15)8-2-1-5-16-7-8/h3-4,6-7H,1-2,5,14H2. The highest BCUT2D eigenvalue weighted by molar-refractivity contribution is 6.11. The fraction of sp³-hybridized carbons (Fsp3) is 0.250. The van der Waals surface area contributed by atoms with E-state index in [0.29, 0.717) is 18.6 Å². The Bertz CT molecular complexity index is 454. The van der Waals surface area contributed by atoms with Crippen LogP contribution in [0.1, 0.15) is 23.2 Å². The second-order valence-corrected chi connectivity index (χ2v) is 3.68. The number of rotatable bonds is 2. The topological polar surface area (TPSA) is 52.3 Å². The number of nitrogens with two attached hydrogens (primary N) is 1. The van der Waals surface area contributed by atoms with Gasteiger partial charge in [0.2, 0.25) is 0 Å². The molecule has 0 aromatic heterocycles. The number of carbonyl (C=O) groups excluding carboxylic acids is 1. The number of halogens is 1. The summed E-state index contributed by atoms with van der Waals surface area (Å²) >= 11 is 0. The minimum atomic E-state index is -0.463. The molecule has 0 radical (unpaired) electrons. The van der Waals surface area contributed by atoms with Gasteiger partial charge in [-0.15, -0.1) is 0 Å². The van der Waals surface area contributed by atoms with E-state index in [1.54, 1.807) is 0 Å². The maximum Gasteiger partial charge on any atom is 0.194 e. The van der Waals surface area contributed by atoms with Gasteiger partial charge in [-0.1, -0.05) is 0 Å². The number of Topliss-reactive ketones (excluding diaryl/α,β-unsaturated/α-hetero) is 1. The second-order valence-electron chi connectivity index (χ2n) is 3.68. The quantitative estimate of drug-likeness (QED) is 0.615. The number of anilines is 1. The van der Waals surface area contributed by atoms with Crippen LogP contribution >= 0.6 is 0 Å².